The predicted octanol–water partition coefficient (Wildman–Crippen LogP) is 3.05. The molecule has 0 aliphatic carbocycles. The number of carbonyl (C=O) groups excluding carboxylic acids is 1. The van der Waals surface area contributed by atoms with Crippen molar-refractivity contribution >= 4 is 5.91 Å². The Morgan fingerprint density at radius 1 is 1.20 bits per heavy atom. The van der Waals surface area contributed by atoms with Crippen molar-refractivity contribution < 1.29 is 9.53 Å². The molecule has 2 heterocycles. The predicted molar refractivity (Wildman–Crippen MR) is 97.7 cm³/mol. The molecule has 1 atom stereocenters. The summed E-state index contributed by atoms with van der Waals surface area (Å²) in [4.78, 5) is 19.1. The number of rotatable bonds is 6. The Labute approximate surface area is 149 Å². The molecule has 1 aliphatic heterocycles. The van der Waals surface area contributed by atoms with E-state index in [9.17, 15) is 4.79 Å². The number of aromatic nitrogens is 1. The molecular formula is C20H25N3O2. The molecule has 1 aromatic heterocycles. The Hall–Kier alpha value is -2.40. The maximum absolute atomic E-state index is 12.5. The second-order valence-corrected chi connectivity index (χ2v) is 6.31. The maximum Gasteiger partial charge on any atom is 0.270 e. The number of benzene rings is 1. The summed E-state index contributed by atoms with van der Waals surface area (Å²) < 4.78 is 5.17. The van der Waals surface area contributed by atoms with Crippen LogP contribution in [0.15, 0.2) is 48.7 Å². The van der Waals surface area contributed by atoms with Crippen LogP contribution < -0.4 is 10.1 Å². The first-order valence-corrected chi connectivity index (χ1v) is 8.85. The summed E-state index contributed by atoms with van der Waals surface area (Å²) in [5.41, 5.74) is 1.62. The van der Waals surface area contributed by atoms with Gasteiger partial charge >= 0.3 is 0 Å². The zero-order valence-electron chi connectivity index (χ0n) is 14.6. The third-order valence-electron chi connectivity index (χ3n) is 4.67. The molecule has 25 heavy (non-hydrogen) atoms. The van der Waals surface area contributed by atoms with Crippen molar-refractivity contribution in [1.82, 2.24) is 15.2 Å². The minimum absolute atomic E-state index is 0.170. The van der Waals surface area contributed by atoms with Gasteiger partial charge in [-0.3, -0.25) is 14.7 Å². The van der Waals surface area contributed by atoms with E-state index >= 15 is 0 Å². The third-order valence-corrected chi connectivity index (χ3v) is 4.67. The van der Waals surface area contributed by atoms with Crippen molar-refractivity contribution in [2.75, 3.05) is 26.7 Å². The van der Waals surface area contributed by atoms with E-state index in [1.807, 2.05) is 6.07 Å². The van der Waals surface area contributed by atoms with Gasteiger partial charge in [0.05, 0.1) is 13.2 Å². The normalized spacial score (nSPS) is 16.2. The number of hydrogen-bond acceptors (Lipinski definition) is 4. The fourth-order valence-corrected chi connectivity index (χ4v) is 3.31. The van der Waals surface area contributed by atoms with Crippen LogP contribution in [0.25, 0.3) is 0 Å². The van der Waals surface area contributed by atoms with Gasteiger partial charge in [-0.05, 0) is 37.6 Å². The second-order valence-electron chi connectivity index (χ2n) is 6.31. The van der Waals surface area contributed by atoms with E-state index in [4.69, 9.17) is 4.74 Å². The largest absolute Gasteiger partial charge is 0.497 e. The van der Waals surface area contributed by atoms with Crippen LogP contribution in [0.5, 0.6) is 5.75 Å². The number of amides is 1. The summed E-state index contributed by atoms with van der Waals surface area (Å²) in [6.45, 7) is 2.72. The lowest BCUT2D eigenvalue weighted by Gasteiger charge is -2.35. The van der Waals surface area contributed by atoms with E-state index in [-0.39, 0.29) is 11.9 Å². The van der Waals surface area contributed by atoms with Crippen LogP contribution >= 0.6 is 0 Å². The van der Waals surface area contributed by atoms with E-state index in [0.29, 0.717) is 18.0 Å². The first kappa shape index (κ1) is 17.4. The van der Waals surface area contributed by atoms with E-state index in [0.717, 1.165) is 13.1 Å². The Morgan fingerprint density at radius 3 is 2.68 bits per heavy atom. The smallest absolute Gasteiger partial charge is 0.270 e. The molecule has 0 spiro atoms. The minimum Gasteiger partial charge on any atom is -0.497 e. The van der Waals surface area contributed by atoms with Gasteiger partial charge < -0.3 is 10.1 Å². The first-order chi connectivity index (χ1) is 12.3. The number of nitrogens with zero attached hydrogens (tertiary/aromatic N) is 2. The number of carbonyl (C=O) groups is 1. The molecule has 0 radical (unpaired) electrons. The molecule has 1 saturated heterocycles. The number of hydrogen-bond donors (Lipinski definition) is 1. The van der Waals surface area contributed by atoms with Gasteiger partial charge in [0.2, 0.25) is 0 Å². The number of pyridine rings is 1. The van der Waals surface area contributed by atoms with E-state index in [1.165, 1.54) is 24.8 Å². The SMILES string of the molecule is COc1ccnc(C(=O)NCC(c2ccccc2)N2CCCCC2)c1. The fraction of sp³-hybridized carbons (Fsp3) is 0.400. The van der Waals surface area contributed by atoms with Crippen LogP contribution in [0.1, 0.15) is 41.4 Å². The highest BCUT2D eigenvalue weighted by atomic mass is 16.5. The molecule has 0 bridgehead atoms. The molecule has 1 N–H and O–H groups in total. The monoisotopic (exact) mass is 339 g/mol. The lowest BCUT2D eigenvalue weighted by molar-refractivity contribution is 0.0919. The zero-order chi connectivity index (χ0) is 17.5. The summed E-state index contributed by atoms with van der Waals surface area (Å²) >= 11 is 0. The molecule has 5 heteroatoms. The molecule has 1 amide bonds. The van der Waals surface area contributed by atoms with Gasteiger partial charge in [-0.25, -0.2) is 0 Å². The minimum atomic E-state index is -0.170. The van der Waals surface area contributed by atoms with E-state index in [1.54, 1.807) is 25.4 Å². The Bertz CT molecular complexity index is 684. The number of likely N-dealkylation sites (tertiary alicyclic amines) is 1. The van der Waals surface area contributed by atoms with Crippen LogP contribution in [-0.2, 0) is 0 Å². The highest BCUT2D eigenvalue weighted by molar-refractivity contribution is 5.92. The number of ether oxygens (including phenoxy) is 1. The molecule has 1 aliphatic rings. The van der Waals surface area contributed by atoms with Gasteiger partial charge in [-0.15, -0.1) is 0 Å². The van der Waals surface area contributed by atoms with Gasteiger partial charge in [0.1, 0.15) is 11.4 Å². The first-order valence-electron chi connectivity index (χ1n) is 8.85. The Morgan fingerprint density at radius 2 is 1.96 bits per heavy atom. The van der Waals surface area contributed by atoms with Crippen LogP contribution in [0.3, 0.4) is 0 Å². The lowest BCUT2D eigenvalue weighted by atomic mass is 10.0. The van der Waals surface area contributed by atoms with Gasteiger partial charge in [0.25, 0.3) is 5.91 Å². The standard InChI is InChI=1S/C20H25N3O2/c1-25-17-10-11-21-18(14-17)20(24)22-15-19(16-8-4-2-5-9-16)23-12-6-3-7-13-23/h2,4-5,8-11,14,19H,3,6-7,12-13,15H2,1H3,(H,22,24). The van der Waals surface area contributed by atoms with Crippen molar-refractivity contribution in [2.45, 2.75) is 25.3 Å². The quantitative estimate of drug-likeness (QED) is 0.879. The summed E-state index contributed by atoms with van der Waals surface area (Å²) in [6.07, 6.45) is 5.31. The molecule has 2 aromatic rings. The fourth-order valence-electron chi connectivity index (χ4n) is 3.31. The topological polar surface area (TPSA) is 54.5 Å². The number of piperidine rings is 1. The summed E-state index contributed by atoms with van der Waals surface area (Å²) in [6, 6.07) is 14.0. The average molecular weight is 339 g/mol. The third kappa shape index (κ3) is 4.57. The van der Waals surface area contributed by atoms with Gasteiger partial charge in [-0.1, -0.05) is 36.8 Å². The van der Waals surface area contributed by atoms with Gasteiger partial charge in [0.15, 0.2) is 0 Å². The van der Waals surface area contributed by atoms with Gasteiger partial charge in [0, 0.05) is 18.8 Å². The van der Waals surface area contributed by atoms with Crippen LogP contribution in [0, 0.1) is 0 Å². The lowest BCUT2D eigenvalue weighted by Crippen LogP contribution is -2.40. The molecule has 1 aromatic carbocycles. The van der Waals surface area contributed by atoms with Crippen molar-refractivity contribution in [3.8, 4) is 5.75 Å². The molecule has 1 unspecified atom stereocenters. The van der Waals surface area contributed by atoms with Crippen molar-refractivity contribution in [3.63, 3.8) is 0 Å². The summed E-state index contributed by atoms with van der Waals surface area (Å²) in [7, 11) is 1.58. The Balaban J connectivity index is 1.70. The molecular weight excluding hydrogens is 314 g/mol. The second kappa shape index (κ2) is 8.62. The van der Waals surface area contributed by atoms with Crippen molar-refractivity contribution in [1.29, 1.82) is 0 Å². The number of nitrogens with one attached hydrogen (secondary N) is 1. The zero-order valence-corrected chi connectivity index (χ0v) is 14.6. The maximum atomic E-state index is 12.5. The molecule has 132 valence electrons. The highest BCUT2D eigenvalue weighted by Crippen LogP contribution is 2.24. The van der Waals surface area contributed by atoms with Gasteiger partial charge in [-0.2, -0.15) is 0 Å². The van der Waals surface area contributed by atoms with E-state index in [2.05, 4.69) is 39.5 Å². The van der Waals surface area contributed by atoms with Crippen molar-refractivity contribution in [3.05, 3.63) is 59.9 Å². The van der Waals surface area contributed by atoms with Crippen LogP contribution in [-0.4, -0.2) is 42.5 Å². The average Bonchev–Trinajstić information content (AvgIpc) is 2.69. The number of methoxy groups -OCH3 is 1. The van der Waals surface area contributed by atoms with Crippen LogP contribution in [0.2, 0.25) is 0 Å². The summed E-state index contributed by atoms with van der Waals surface area (Å²) in [5, 5.41) is 3.05. The Kier molecular flexibility index (Phi) is 6.01. The van der Waals surface area contributed by atoms with Crippen LogP contribution in [0.4, 0.5) is 0 Å². The molecule has 3 rings (SSSR count). The highest BCUT2D eigenvalue weighted by Gasteiger charge is 2.23. The molecule has 5 nitrogen and oxygen atoms in total. The molecule has 0 saturated carbocycles. The molecule has 1 fully saturated rings. The van der Waals surface area contributed by atoms with Crippen molar-refractivity contribution in [2.24, 2.45) is 0 Å². The summed E-state index contributed by atoms with van der Waals surface area (Å²) in [5.74, 6) is 0.465. The van der Waals surface area contributed by atoms with E-state index < -0.39 is 0 Å².